The van der Waals surface area contributed by atoms with Crippen molar-refractivity contribution in [2.75, 3.05) is 0 Å². The molecular weight excluding hydrogens is 176 g/mol. The second-order valence-corrected chi connectivity index (χ2v) is 2.61. The summed E-state index contributed by atoms with van der Waals surface area (Å²) in [5.41, 5.74) is 0.712. The van der Waals surface area contributed by atoms with Crippen LogP contribution in [0.4, 0.5) is 0 Å². The fourth-order valence-electron chi connectivity index (χ4n) is 1.01. The molecule has 0 saturated heterocycles. The Morgan fingerprint density at radius 3 is 3.17 bits per heavy atom. The topological polar surface area (TPSA) is 49.8 Å². The summed E-state index contributed by atoms with van der Waals surface area (Å²) in [7, 11) is 0. The second-order valence-electron chi connectivity index (χ2n) is 2.24. The highest BCUT2D eigenvalue weighted by molar-refractivity contribution is 6.29. The Balaban J connectivity index is 2.89. The fourth-order valence-corrected chi connectivity index (χ4v) is 1.21. The molecule has 12 heavy (non-hydrogen) atoms. The summed E-state index contributed by atoms with van der Waals surface area (Å²) in [6.45, 7) is 0. The number of nitriles is 1. The third kappa shape index (κ3) is 0.936. The first kappa shape index (κ1) is 7.14. The van der Waals surface area contributed by atoms with E-state index in [4.69, 9.17) is 21.3 Å². The van der Waals surface area contributed by atoms with Gasteiger partial charge in [0.15, 0.2) is 16.5 Å². The van der Waals surface area contributed by atoms with Crippen molar-refractivity contribution in [2.45, 2.75) is 0 Å². The second kappa shape index (κ2) is 2.50. The Bertz CT molecular complexity index is 469. The summed E-state index contributed by atoms with van der Waals surface area (Å²) in [5.74, 6) is 0. The van der Waals surface area contributed by atoms with Crippen LogP contribution in [-0.4, -0.2) is 4.98 Å². The molecule has 3 nitrogen and oxygen atoms in total. The Hall–Kier alpha value is -1.53. The van der Waals surface area contributed by atoms with Gasteiger partial charge in [-0.25, -0.2) is 4.98 Å². The maximum atomic E-state index is 8.63. The lowest BCUT2D eigenvalue weighted by atomic mass is 10.3. The van der Waals surface area contributed by atoms with Gasteiger partial charge in [-0.05, 0) is 17.7 Å². The molecular formula is C8H3ClN2O. The van der Waals surface area contributed by atoms with Crippen molar-refractivity contribution in [3.8, 4) is 6.07 Å². The van der Waals surface area contributed by atoms with Crippen LogP contribution < -0.4 is 0 Å². The number of hydrogen-bond acceptors (Lipinski definition) is 3. The number of rotatable bonds is 0. The van der Waals surface area contributed by atoms with Crippen molar-refractivity contribution in [3.63, 3.8) is 0 Å². The highest BCUT2D eigenvalue weighted by atomic mass is 35.5. The van der Waals surface area contributed by atoms with Crippen LogP contribution in [0.5, 0.6) is 0 Å². The summed E-state index contributed by atoms with van der Waals surface area (Å²) in [6, 6.07) is 5.31. The van der Waals surface area contributed by atoms with Crippen molar-refractivity contribution in [2.24, 2.45) is 0 Å². The maximum absolute atomic E-state index is 8.63. The zero-order valence-corrected chi connectivity index (χ0v) is 6.67. The predicted octanol–water partition coefficient (Wildman–Crippen LogP) is 2.35. The SMILES string of the molecule is N#Cc1nccc2cc(Cl)oc12. The first-order valence-electron chi connectivity index (χ1n) is 3.25. The predicted molar refractivity (Wildman–Crippen MR) is 43.7 cm³/mol. The van der Waals surface area contributed by atoms with Gasteiger partial charge in [0.05, 0.1) is 0 Å². The fraction of sp³-hybridized carbons (Fsp3) is 0. The molecule has 2 aromatic rings. The number of halogens is 1. The lowest BCUT2D eigenvalue weighted by Gasteiger charge is -1.87. The average molecular weight is 179 g/mol. The van der Waals surface area contributed by atoms with E-state index in [1.165, 1.54) is 0 Å². The highest BCUT2D eigenvalue weighted by Gasteiger charge is 2.06. The van der Waals surface area contributed by atoms with Crippen LogP contribution in [0.2, 0.25) is 5.22 Å². The minimum Gasteiger partial charge on any atom is -0.442 e. The van der Waals surface area contributed by atoms with Gasteiger partial charge in [0, 0.05) is 17.6 Å². The van der Waals surface area contributed by atoms with Crippen LogP contribution in [0.15, 0.2) is 22.7 Å². The molecule has 0 radical (unpaired) electrons. The summed E-state index contributed by atoms with van der Waals surface area (Å²) in [5, 5.41) is 9.70. The van der Waals surface area contributed by atoms with Crippen LogP contribution in [0.1, 0.15) is 5.69 Å². The monoisotopic (exact) mass is 178 g/mol. The normalized spacial score (nSPS) is 10.0. The van der Waals surface area contributed by atoms with E-state index in [-0.39, 0.29) is 10.9 Å². The smallest absolute Gasteiger partial charge is 0.194 e. The van der Waals surface area contributed by atoms with Gasteiger partial charge >= 0.3 is 0 Å². The van der Waals surface area contributed by atoms with Gasteiger partial charge in [0.2, 0.25) is 0 Å². The third-order valence-corrected chi connectivity index (χ3v) is 1.70. The Morgan fingerprint density at radius 1 is 1.58 bits per heavy atom. The zero-order chi connectivity index (χ0) is 8.55. The van der Waals surface area contributed by atoms with E-state index in [2.05, 4.69) is 4.98 Å². The molecule has 2 aromatic heterocycles. The van der Waals surface area contributed by atoms with Crippen molar-refractivity contribution >= 4 is 22.6 Å². The number of aromatic nitrogens is 1. The number of fused-ring (bicyclic) bond motifs is 1. The molecule has 4 heteroatoms. The average Bonchev–Trinajstić information content (AvgIpc) is 2.44. The van der Waals surface area contributed by atoms with E-state index < -0.39 is 0 Å². The molecule has 0 fully saturated rings. The number of nitrogens with zero attached hydrogens (tertiary/aromatic N) is 2. The van der Waals surface area contributed by atoms with Crippen LogP contribution in [0.3, 0.4) is 0 Å². The van der Waals surface area contributed by atoms with Crippen LogP contribution >= 0.6 is 11.6 Å². The van der Waals surface area contributed by atoms with Crippen molar-refractivity contribution in [1.82, 2.24) is 4.98 Å². The van der Waals surface area contributed by atoms with Crippen LogP contribution in [-0.2, 0) is 0 Å². The van der Waals surface area contributed by atoms with E-state index >= 15 is 0 Å². The highest BCUT2D eigenvalue weighted by Crippen LogP contribution is 2.23. The lowest BCUT2D eigenvalue weighted by molar-refractivity contribution is 0.615. The summed E-state index contributed by atoms with van der Waals surface area (Å²) >= 11 is 5.61. The lowest BCUT2D eigenvalue weighted by Crippen LogP contribution is -1.79. The molecule has 0 spiro atoms. The van der Waals surface area contributed by atoms with E-state index in [1.807, 2.05) is 6.07 Å². The van der Waals surface area contributed by atoms with Crippen molar-refractivity contribution in [3.05, 3.63) is 29.2 Å². The van der Waals surface area contributed by atoms with Gasteiger partial charge in [-0.2, -0.15) is 5.26 Å². The van der Waals surface area contributed by atoms with Gasteiger partial charge in [-0.15, -0.1) is 0 Å². The quantitative estimate of drug-likeness (QED) is 0.622. The number of pyridine rings is 1. The molecule has 0 amide bonds. The molecule has 0 atom stereocenters. The summed E-state index contributed by atoms with van der Waals surface area (Å²) in [4.78, 5) is 3.83. The molecule has 0 bridgehead atoms. The Kier molecular flexibility index (Phi) is 1.49. The van der Waals surface area contributed by atoms with Gasteiger partial charge in [0.25, 0.3) is 0 Å². The minimum absolute atomic E-state index is 0.263. The largest absolute Gasteiger partial charge is 0.442 e. The Morgan fingerprint density at radius 2 is 2.42 bits per heavy atom. The van der Waals surface area contributed by atoms with E-state index in [1.54, 1.807) is 18.3 Å². The van der Waals surface area contributed by atoms with Gasteiger partial charge in [-0.3, -0.25) is 0 Å². The molecule has 0 saturated carbocycles. The molecule has 0 aliphatic rings. The standard InChI is InChI=1S/C8H3ClN2O/c9-7-3-5-1-2-11-6(4-10)8(5)12-7/h1-3H. The van der Waals surface area contributed by atoms with E-state index in [0.29, 0.717) is 5.58 Å². The Labute approximate surface area is 73.2 Å². The van der Waals surface area contributed by atoms with Crippen molar-refractivity contribution in [1.29, 1.82) is 5.26 Å². The number of hydrogen-bond donors (Lipinski definition) is 0. The minimum atomic E-state index is 0.263. The zero-order valence-electron chi connectivity index (χ0n) is 5.91. The number of furan rings is 1. The molecule has 0 unspecified atom stereocenters. The van der Waals surface area contributed by atoms with Gasteiger partial charge in [0.1, 0.15) is 6.07 Å². The summed E-state index contributed by atoms with van der Waals surface area (Å²) in [6.07, 6.45) is 1.55. The molecule has 0 N–H and O–H groups in total. The molecule has 0 aromatic carbocycles. The molecule has 58 valence electrons. The summed E-state index contributed by atoms with van der Waals surface area (Å²) < 4.78 is 5.07. The van der Waals surface area contributed by atoms with Crippen LogP contribution in [0, 0.1) is 11.3 Å². The van der Waals surface area contributed by atoms with Crippen molar-refractivity contribution < 1.29 is 4.42 Å². The molecule has 0 aliphatic heterocycles. The first-order chi connectivity index (χ1) is 5.81. The van der Waals surface area contributed by atoms with E-state index in [0.717, 1.165) is 5.39 Å². The molecule has 2 heterocycles. The third-order valence-electron chi connectivity index (χ3n) is 1.51. The molecule has 2 rings (SSSR count). The van der Waals surface area contributed by atoms with Crippen LogP contribution in [0.25, 0.3) is 11.0 Å². The van der Waals surface area contributed by atoms with E-state index in [9.17, 15) is 0 Å². The van der Waals surface area contributed by atoms with Gasteiger partial charge in [-0.1, -0.05) is 0 Å². The maximum Gasteiger partial charge on any atom is 0.194 e. The van der Waals surface area contributed by atoms with Gasteiger partial charge < -0.3 is 4.42 Å². The molecule has 0 aliphatic carbocycles. The first-order valence-corrected chi connectivity index (χ1v) is 3.63.